The minimum absolute atomic E-state index is 0.136. The third kappa shape index (κ3) is 2.41. The SMILES string of the molecule is CC(Nc1cccc2[nH]ncc12)c1ccc(Br)cc1F. The number of aromatic nitrogens is 2. The first-order chi connectivity index (χ1) is 9.65. The highest BCUT2D eigenvalue weighted by atomic mass is 79.9. The normalized spacial score (nSPS) is 12.6. The van der Waals surface area contributed by atoms with Gasteiger partial charge in [0.2, 0.25) is 0 Å². The molecule has 5 heteroatoms. The van der Waals surface area contributed by atoms with Crippen molar-refractivity contribution >= 4 is 32.5 Å². The molecule has 2 N–H and O–H groups in total. The van der Waals surface area contributed by atoms with E-state index >= 15 is 0 Å². The molecule has 1 aromatic heterocycles. The standard InChI is InChI=1S/C15H13BrFN3/c1-9(11-6-5-10(16)7-13(11)17)19-14-3-2-4-15-12(14)8-18-20-15/h2-9,19H,1H3,(H,18,20). The molecule has 0 radical (unpaired) electrons. The van der Waals surface area contributed by atoms with Gasteiger partial charge in [0, 0.05) is 21.1 Å². The van der Waals surface area contributed by atoms with Crippen LogP contribution < -0.4 is 5.32 Å². The summed E-state index contributed by atoms with van der Waals surface area (Å²) in [6, 6.07) is 10.8. The Labute approximate surface area is 124 Å². The molecule has 0 aliphatic heterocycles. The average Bonchev–Trinajstić information content (AvgIpc) is 2.87. The lowest BCUT2D eigenvalue weighted by molar-refractivity contribution is 0.599. The molecule has 20 heavy (non-hydrogen) atoms. The van der Waals surface area contributed by atoms with Gasteiger partial charge >= 0.3 is 0 Å². The third-order valence-corrected chi connectivity index (χ3v) is 3.78. The molecule has 0 aliphatic carbocycles. The van der Waals surface area contributed by atoms with Gasteiger partial charge < -0.3 is 5.32 Å². The first-order valence-corrected chi connectivity index (χ1v) is 7.08. The minimum Gasteiger partial charge on any atom is -0.378 e. The van der Waals surface area contributed by atoms with Gasteiger partial charge in [-0.05, 0) is 31.2 Å². The Bertz CT molecular complexity index is 754. The van der Waals surface area contributed by atoms with Crippen molar-refractivity contribution < 1.29 is 4.39 Å². The van der Waals surface area contributed by atoms with Crippen LogP contribution in [0.1, 0.15) is 18.5 Å². The molecule has 1 unspecified atom stereocenters. The molecule has 0 saturated heterocycles. The largest absolute Gasteiger partial charge is 0.378 e. The summed E-state index contributed by atoms with van der Waals surface area (Å²) in [6.45, 7) is 1.94. The van der Waals surface area contributed by atoms with Crippen molar-refractivity contribution in [1.29, 1.82) is 0 Å². The van der Waals surface area contributed by atoms with E-state index in [1.165, 1.54) is 6.07 Å². The van der Waals surface area contributed by atoms with Crippen molar-refractivity contribution in [2.24, 2.45) is 0 Å². The average molecular weight is 334 g/mol. The molecule has 1 atom stereocenters. The van der Waals surface area contributed by atoms with Crippen LogP contribution in [-0.2, 0) is 0 Å². The molecule has 3 nitrogen and oxygen atoms in total. The van der Waals surface area contributed by atoms with Crippen molar-refractivity contribution in [2.75, 3.05) is 5.32 Å². The summed E-state index contributed by atoms with van der Waals surface area (Å²) in [5.41, 5.74) is 2.53. The molecule has 3 aromatic rings. The summed E-state index contributed by atoms with van der Waals surface area (Å²) in [4.78, 5) is 0. The number of benzene rings is 2. The molecule has 0 amide bonds. The Hall–Kier alpha value is -1.88. The number of H-pyrrole nitrogens is 1. The first-order valence-electron chi connectivity index (χ1n) is 6.29. The van der Waals surface area contributed by atoms with Crippen LogP contribution in [0.3, 0.4) is 0 Å². The Morgan fingerprint density at radius 3 is 2.95 bits per heavy atom. The van der Waals surface area contributed by atoms with Crippen LogP contribution >= 0.6 is 15.9 Å². The fraction of sp³-hybridized carbons (Fsp3) is 0.133. The van der Waals surface area contributed by atoms with Crippen LogP contribution in [-0.4, -0.2) is 10.2 Å². The number of hydrogen-bond donors (Lipinski definition) is 2. The zero-order valence-corrected chi connectivity index (χ0v) is 12.4. The molecule has 3 rings (SSSR count). The summed E-state index contributed by atoms with van der Waals surface area (Å²) < 4.78 is 14.7. The highest BCUT2D eigenvalue weighted by Gasteiger charge is 2.12. The quantitative estimate of drug-likeness (QED) is 0.733. The van der Waals surface area contributed by atoms with Gasteiger partial charge in [-0.2, -0.15) is 5.10 Å². The zero-order valence-electron chi connectivity index (χ0n) is 10.8. The van der Waals surface area contributed by atoms with Crippen molar-refractivity contribution in [3.05, 3.63) is 58.4 Å². The fourth-order valence-electron chi connectivity index (χ4n) is 2.26. The van der Waals surface area contributed by atoms with Gasteiger partial charge in [0.25, 0.3) is 0 Å². The number of halogens is 2. The number of nitrogens with one attached hydrogen (secondary N) is 2. The maximum absolute atomic E-state index is 14.0. The van der Waals surface area contributed by atoms with E-state index in [-0.39, 0.29) is 11.9 Å². The lowest BCUT2D eigenvalue weighted by Crippen LogP contribution is -2.08. The monoisotopic (exact) mass is 333 g/mol. The van der Waals surface area contributed by atoms with E-state index in [2.05, 4.69) is 31.4 Å². The van der Waals surface area contributed by atoms with E-state index in [0.717, 1.165) is 21.1 Å². The molecule has 0 bridgehead atoms. The summed E-state index contributed by atoms with van der Waals surface area (Å²) in [6.07, 6.45) is 1.77. The molecule has 2 aromatic carbocycles. The van der Waals surface area contributed by atoms with E-state index in [1.54, 1.807) is 12.3 Å². The lowest BCUT2D eigenvalue weighted by atomic mass is 10.1. The summed E-state index contributed by atoms with van der Waals surface area (Å²) in [5, 5.41) is 11.3. The summed E-state index contributed by atoms with van der Waals surface area (Å²) in [5.74, 6) is -0.223. The van der Waals surface area contributed by atoms with Crippen LogP contribution in [0.15, 0.2) is 47.1 Å². The van der Waals surface area contributed by atoms with E-state index < -0.39 is 0 Å². The second-order valence-electron chi connectivity index (χ2n) is 4.67. The smallest absolute Gasteiger partial charge is 0.129 e. The Kier molecular flexibility index (Phi) is 3.44. The summed E-state index contributed by atoms with van der Waals surface area (Å²) >= 11 is 3.27. The Balaban J connectivity index is 1.92. The maximum atomic E-state index is 14.0. The van der Waals surface area contributed by atoms with E-state index in [9.17, 15) is 4.39 Å². The zero-order chi connectivity index (χ0) is 14.1. The van der Waals surface area contributed by atoms with Gasteiger partial charge in [-0.15, -0.1) is 0 Å². The van der Waals surface area contributed by atoms with Gasteiger partial charge in [-0.25, -0.2) is 4.39 Å². The predicted octanol–water partition coefficient (Wildman–Crippen LogP) is 4.64. The highest BCUT2D eigenvalue weighted by molar-refractivity contribution is 9.10. The molecule has 0 fully saturated rings. The number of hydrogen-bond acceptors (Lipinski definition) is 2. The number of fused-ring (bicyclic) bond motifs is 1. The van der Waals surface area contributed by atoms with Gasteiger partial charge in [0.05, 0.1) is 17.8 Å². The van der Waals surface area contributed by atoms with Crippen molar-refractivity contribution in [2.45, 2.75) is 13.0 Å². The van der Waals surface area contributed by atoms with Gasteiger partial charge in [-0.1, -0.05) is 28.1 Å². The molecule has 0 saturated carbocycles. The van der Waals surface area contributed by atoms with Gasteiger partial charge in [0.15, 0.2) is 0 Å². The Morgan fingerprint density at radius 2 is 2.15 bits per heavy atom. The van der Waals surface area contributed by atoms with E-state index in [1.807, 2.05) is 31.2 Å². The van der Waals surface area contributed by atoms with Gasteiger partial charge in [0.1, 0.15) is 5.82 Å². The predicted molar refractivity (Wildman–Crippen MR) is 82.2 cm³/mol. The highest BCUT2D eigenvalue weighted by Crippen LogP contribution is 2.27. The number of aromatic amines is 1. The van der Waals surface area contributed by atoms with E-state index in [4.69, 9.17) is 0 Å². The van der Waals surface area contributed by atoms with Crippen LogP contribution in [0.25, 0.3) is 10.9 Å². The molecular formula is C15H13BrFN3. The van der Waals surface area contributed by atoms with Crippen molar-refractivity contribution in [3.8, 4) is 0 Å². The van der Waals surface area contributed by atoms with Crippen molar-refractivity contribution in [1.82, 2.24) is 10.2 Å². The van der Waals surface area contributed by atoms with Crippen LogP contribution in [0.5, 0.6) is 0 Å². The number of nitrogens with zero attached hydrogens (tertiary/aromatic N) is 1. The second kappa shape index (κ2) is 5.25. The summed E-state index contributed by atoms with van der Waals surface area (Å²) in [7, 11) is 0. The van der Waals surface area contributed by atoms with Gasteiger partial charge in [-0.3, -0.25) is 5.10 Å². The second-order valence-corrected chi connectivity index (χ2v) is 5.58. The topological polar surface area (TPSA) is 40.7 Å². The third-order valence-electron chi connectivity index (χ3n) is 3.29. The molecular weight excluding hydrogens is 321 g/mol. The van der Waals surface area contributed by atoms with Crippen LogP contribution in [0.4, 0.5) is 10.1 Å². The maximum Gasteiger partial charge on any atom is 0.129 e. The lowest BCUT2D eigenvalue weighted by Gasteiger charge is -2.17. The molecule has 1 heterocycles. The first kappa shape index (κ1) is 13.1. The molecule has 0 aliphatic rings. The van der Waals surface area contributed by atoms with Crippen molar-refractivity contribution in [3.63, 3.8) is 0 Å². The van der Waals surface area contributed by atoms with Crippen LogP contribution in [0, 0.1) is 5.82 Å². The molecule has 0 spiro atoms. The Morgan fingerprint density at radius 1 is 1.30 bits per heavy atom. The fourth-order valence-corrected chi connectivity index (χ4v) is 2.59. The minimum atomic E-state index is -0.223. The van der Waals surface area contributed by atoms with E-state index in [0.29, 0.717) is 5.56 Å². The number of anilines is 1. The number of rotatable bonds is 3. The molecule has 102 valence electrons. The van der Waals surface area contributed by atoms with Crippen LogP contribution in [0.2, 0.25) is 0 Å².